The van der Waals surface area contributed by atoms with Crippen molar-refractivity contribution in [1.29, 1.82) is 0 Å². The molecule has 5 heteroatoms. The van der Waals surface area contributed by atoms with E-state index in [-0.39, 0.29) is 22.6 Å². The fraction of sp³-hybridized carbons (Fsp3) is 0.708. The maximum Gasteiger partial charge on any atom is 0.303 e. The zero-order valence-corrected chi connectivity index (χ0v) is 18.9. The number of carbonyl (C=O) groups is 2. The largest absolute Gasteiger partial charge is 0.451 e. The van der Waals surface area contributed by atoms with Crippen LogP contribution < -0.4 is 0 Å². The van der Waals surface area contributed by atoms with Crippen molar-refractivity contribution in [2.75, 3.05) is 0 Å². The third-order valence-corrected chi connectivity index (χ3v) is 9.18. The molecule has 0 saturated heterocycles. The minimum absolute atomic E-state index is 0.0000831. The van der Waals surface area contributed by atoms with E-state index < -0.39 is 5.60 Å². The molecule has 4 rings (SSSR count). The lowest BCUT2D eigenvalue weighted by molar-refractivity contribution is -0.185. The van der Waals surface area contributed by atoms with Gasteiger partial charge in [-0.3, -0.25) is 9.59 Å². The van der Waals surface area contributed by atoms with Crippen LogP contribution in [-0.2, 0) is 14.3 Å². The van der Waals surface area contributed by atoms with Gasteiger partial charge in [0.1, 0.15) is 0 Å². The van der Waals surface area contributed by atoms with Crippen molar-refractivity contribution in [3.8, 4) is 0 Å². The quantitative estimate of drug-likeness (QED) is 0.549. The lowest BCUT2D eigenvalue weighted by atomic mass is 9.47. The van der Waals surface area contributed by atoms with Gasteiger partial charge in [-0.05, 0) is 87.2 Å². The summed E-state index contributed by atoms with van der Waals surface area (Å²) in [4.78, 5) is 24.8. The Labute approximate surface area is 178 Å². The fourth-order valence-electron chi connectivity index (χ4n) is 7.55. The molecule has 0 amide bonds. The maximum atomic E-state index is 12.8. The smallest absolute Gasteiger partial charge is 0.303 e. The Bertz CT molecular complexity index is 858. The van der Waals surface area contributed by atoms with Crippen molar-refractivity contribution < 1.29 is 14.3 Å². The van der Waals surface area contributed by atoms with Crippen molar-refractivity contribution in [3.63, 3.8) is 0 Å². The first-order chi connectivity index (χ1) is 13.6. The molecule has 2 saturated carbocycles. The predicted octanol–water partition coefficient (Wildman–Crippen LogP) is 5.60. The van der Waals surface area contributed by atoms with Gasteiger partial charge in [-0.1, -0.05) is 25.5 Å². The maximum absolute atomic E-state index is 12.8. The SMILES string of the molecule is CC(=O)O[C@]1(C(C)=O)CCC2C3C=C(C)C4=C/C(=N/Cl)CCC4(C)C3CCC21C. The number of hydrogen-bond donors (Lipinski definition) is 0. The van der Waals surface area contributed by atoms with E-state index in [1.54, 1.807) is 6.92 Å². The Kier molecular flexibility index (Phi) is 4.88. The van der Waals surface area contributed by atoms with Gasteiger partial charge in [0.2, 0.25) is 0 Å². The summed E-state index contributed by atoms with van der Waals surface area (Å²) in [7, 11) is 0. The highest BCUT2D eigenvalue weighted by Gasteiger charge is 2.67. The summed E-state index contributed by atoms with van der Waals surface area (Å²) in [6.45, 7) is 9.82. The standard InChI is InChI=1S/C24H32ClNO3/c1-14-12-18-19(22(4)9-6-17(26-25)13-21(14)22)7-10-23(5)20(18)8-11-24(23,15(2)27)29-16(3)28/h12-13,18-20H,6-11H2,1-5H3/b26-17+/t18?,19?,20?,22?,23?,24-/m0/s1. The van der Waals surface area contributed by atoms with E-state index in [1.165, 1.54) is 18.1 Å². The first-order valence-electron chi connectivity index (χ1n) is 10.9. The monoisotopic (exact) mass is 417 g/mol. The topological polar surface area (TPSA) is 55.7 Å². The van der Waals surface area contributed by atoms with Crippen LogP contribution in [-0.4, -0.2) is 23.1 Å². The van der Waals surface area contributed by atoms with Gasteiger partial charge in [0.25, 0.3) is 0 Å². The highest BCUT2D eigenvalue weighted by molar-refractivity contribution is 6.22. The summed E-state index contributed by atoms with van der Waals surface area (Å²) in [6, 6.07) is 0. The molecule has 0 aromatic rings. The molecule has 29 heavy (non-hydrogen) atoms. The molecule has 0 bridgehead atoms. The van der Waals surface area contributed by atoms with Crippen LogP contribution in [0, 0.1) is 28.6 Å². The second-order valence-corrected chi connectivity index (χ2v) is 10.3. The molecule has 0 aromatic heterocycles. The van der Waals surface area contributed by atoms with Crippen LogP contribution in [0.2, 0.25) is 0 Å². The van der Waals surface area contributed by atoms with Crippen LogP contribution in [0.1, 0.15) is 73.1 Å². The lowest BCUT2D eigenvalue weighted by Gasteiger charge is -2.58. The van der Waals surface area contributed by atoms with E-state index >= 15 is 0 Å². The first-order valence-corrected chi connectivity index (χ1v) is 11.2. The average molecular weight is 418 g/mol. The third-order valence-electron chi connectivity index (χ3n) is 8.96. The van der Waals surface area contributed by atoms with Gasteiger partial charge < -0.3 is 4.74 Å². The van der Waals surface area contributed by atoms with E-state index in [2.05, 4.69) is 37.4 Å². The Hall–Kier alpha value is -1.42. The summed E-state index contributed by atoms with van der Waals surface area (Å²) in [5.41, 5.74) is 2.48. The number of ether oxygens (including phenoxy) is 1. The van der Waals surface area contributed by atoms with Crippen molar-refractivity contribution in [2.45, 2.75) is 78.7 Å². The van der Waals surface area contributed by atoms with Crippen LogP contribution in [0.3, 0.4) is 0 Å². The molecule has 0 aromatic carbocycles. The zero-order chi connectivity index (χ0) is 21.2. The number of allylic oxidation sites excluding steroid dienone is 4. The number of ketones is 1. The molecule has 0 N–H and O–H groups in total. The van der Waals surface area contributed by atoms with Gasteiger partial charge in [-0.25, -0.2) is 0 Å². The molecule has 0 radical (unpaired) electrons. The number of hydrogen-bond acceptors (Lipinski definition) is 4. The molecule has 4 aliphatic carbocycles. The van der Waals surface area contributed by atoms with Gasteiger partial charge >= 0.3 is 5.97 Å². The molecular weight excluding hydrogens is 386 g/mol. The summed E-state index contributed by atoms with van der Waals surface area (Å²) < 4.78 is 9.79. The van der Waals surface area contributed by atoms with Gasteiger partial charge in [-0.15, -0.1) is 0 Å². The number of rotatable bonds is 2. The molecule has 0 spiro atoms. The number of fused-ring (bicyclic) bond motifs is 5. The van der Waals surface area contributed by atoms with Crippen LogP contribution in [0.25, 0.3) is 0 Å². The Morgan fingerprint density at radius 3 is 2.45 bits per heavy atom. The van der Waals surface area contributed by atoms with Crippen LogP contribution >= 0.6 is 11.8 Å². The van der Waals surface area contributed by atoms with Crippen molar-refractivity contribution >= 4 is 29.2 Å². The number of nitrogens with zero attached hydrogens (tertiary/aromatic N) is 1. The van der Waals surface area contributed by atoms with E-state index in [4.69, 9.17) is 16.5 Å². The Morgan fingerprint density at radius 2 is 1.83 bits per heavy atom. The molecule has 2 fully saturated rings. The molecule has 4 nitrogen and oxygen atoms in total. The summed E-state index contributed by atoms with van der Waals surface area (Å²) in [5, 5.41) is 0. The van der Waals surface area contributed by atoms with Crippen molar-refractivity contribution in [2.24, 2.45) is 33.1 Å². The number of esters is 1. The van der Waals surface area contributed by atoms with Gasteiger partial charge in [-0.2, -0.15) is 4.51 Å². The van der Waals surface area contributed by atoms with Gasteiger partial charge in [0.15, 0.2) is 11.4 Å². The summed E-state index contributed by atoms with van der Waals surface area (Å²) >= 11 is 5.79. The van der Waals surface area contributed by atoms with E-state index in [1.807, 2.05) is 0 Å². The number of Topliss-reactive ketones (excluding diaryl/α,β-unsaturated/α-hetero) is 1. The molecule has 0 aliphatic heterocycles. The summed E-state index contributed by atoms with van der Waals surface area (Å²) in [6.07, 6.45) is 10.1. The predicted molar refractivity (Wildman–Crippen MR) is 115 cm³/mol. The molecule has 4 aliphatic rings. The molecule has 158 valence electrons. The van der Waals surface area contributed by atoms with Crippen molar-refractivity contribution in [1.82, 2.24) is 0 Å². The highest BCUT2D eigenvalue weighted by Crippen LogP contribution is 2.67. The van der Waals surface area contributed by atoms with E-state index in [0.29, 0.717) is 24.2 Å². The van der Waals surface area contributed by atoms with Crippen LogP contribution in [0.5, 0.6) is 0 Å². The molecular formula is C24H32ClNO3. The molecule has 6 atom stereocenters. The van der Waals surface area contributed by atoms with E-state index in [9.17, 15) is 9.59 Å². The normalized spacial score (nSPS) is 44.9. The second kappa shape index (κ2) is 6.80. The third kappa shape index (κ3) is 2.74. The van der Waals surface area contributed by atoms with Gasteiger partial charge in [0.05, 0.1) is 5.71 Å². The second-order valence-electron chi connectivity index (χ2n) is 10.2. The van der Waals surface area contributed by atoms with Crippen LogP contribution in [0.4, 0.5) is 0 Å². The van der Waals surface area contributed by atoms with E-state index in [0.717, 1.165) is 37.8 Å². The summed E-state index contributed by atoms with van der Waals surface area (Å²) in [5.74, 6) is 0.938. The number of carbonyl (C=O) groups excluding carboxylic acids is 2. The number of halogens is 1. The molecule has 5 unspecified atom stereocenters. The first kappa shape index (κ1) is 20.8. The Balaban J connectivity index is 1.78. The lowest BCUT2D eigenvalue weighted by Crippen LogP contribution is -2.58. The van der Waals surface area contributed by atoms with Crippen LogP contribution in [0.15, 0.2) is 27.8 Å². The van der Waals surface area contributed by atoms with Crippen molar-refractivity contribution in [3.05, 3.63) is 23.3 Å². The fourth-order valence-corrected chi connectivity index (χ4v) is 7.69. The minimum Gasteiger partial charge on any atom is -0.451 e. The highest BCUT2D eigenvalue weighted by atomic mass is 35.5. The zero-order valence-electron chi connectivity index (χ0n) is 18.2. The molecule has 0 heterocycles. The Morgan fingerprint density at radius 1 is 1.14 bits per heavy atom. The minimum atomic E-state index is -0.974. The van der Waals surface area contributed by atoms with Gasteiger partial charge in [0, 0.05) is 24.1 Å². The average Bonchev–Trinajstić information content (AvgIpc) is 2.95.